The van der Waals surface area contributed by atoms with Crippen LogP contribution in [-0.4, -0.2) is 44.8 Å². The number of nitrogens with zero attached hydrogens (tertiary/aromatic N) is 2. The van der Waals surface area contributed by atoms with Gasteiger partial charge in [-0.25, -0.2) is 9.07 Å². The van der Waals surface area contributed by atoms with Gasteiger partial charge in [0.25, 0.3) is 5.91 Å². The maximum atomic E-state index is 13.2. The van der Waals surface area contributed by atoms with Crippen LogP contribution in [0.2, 0.25) is 0 Å². The molecule has 0 aliphatic heterocycles. The van der Waals surface area contributed by atoms with Crippen molar-refractivity contribution in [1.29, 1.82) is 0 Å². The minimum Gasteiger partial charge on any atom is -0.481 e. The summed E-state index contributed by atoms with van der Waals surface area (Å²) in [7, 11) is 2.98. The molecule has 0 bridgehead atoms. The first-order valence-corrected chi connectivity index (χ1v) is 10.0. The molecule has 2 N–H and O–H groups in total. The van der Waals surface area contributed by atoms with Gasteiger partial charge in [-0.05, 0) is 36.8 Å². The molecule has 1 aromatic carbocycles. The van der Waals surface area contributed by atoms with Crippen LogP contribution < -0.4 is 5.32 Å². The maximum absolute atomic E-state index is 13.2. The van der Waals surface area contributed by atoms with Crippen molar-refractivity contribution < 1.29 is 19.1 Å². The highest BCUT2D eigenvalue weighted by atomic mass is 33.1. The molecule has 1 amide bonds. The zero-order valence-corrected chi connectivity index (χ0v) is 15.2. The number of hydrogen-bond acceptors (Lipinski definition) is 5. The average Bonchev–Trinajstić information content (AvgIpc) is 3.03. The first-order chi connectivity index (χ1) is 12.0. The minimum atomic E-state index is -0.812. The lowest BCUT2D eigenvalue weighted by Crippen LogP contribution is -2.26. The highest BCUT2D eigenvalue weighted by Crippen LogP contribution is 2.21. The number of rotatable bonds is 9. The molecule has 0 fully saturated rings. The van der Waals surface area contributed by atoms with E-state index >= 15 is 0 Å². The number of carboxylic acids is 1. The second kappa shape index (κ2) is 9.47. The van der Waals surface area contributed by atoms with Crippen LogP contribution >= 0.6 is 21.6 Å². The standard InChI is InChI=1S/C16H18FN3O3S2/c1-11-10-12(17)2-3-14(11)20-7-4-13(19-20)16(23)18-6-9-25-24-8-5-15(21)22/h2-4,7,10H,5-6,8-9H2,1H3,(H,18,23)(H,21,22). The van der Waals surface area contributed by atoms with Crippen molar-refractivity contribution in [3.05, 3.63) is 47.5 Å². The molecule has 0 atom stereocenters. The maximum Gasteiger partial charge on any atom is 0.304 e. The van der Waals surface area contributed by atoms with E-state index in [1.54, 1.807) is 29.9 Å². The van der Waals surface area contributed by atoms with Crippen molar-refractivity contribution in [2.45, 2.75) is 13.3 Å². The van der Waals surface area contributed by atoms with Crippen LogP contribution in [0.1, 0.15) is 22.5 Å². The van der Waals surface area contributed by atoms with E-state index in [0.29, 0.717) is 23.7 Å². The van der Waals surface area contributed by atoms with Gasteiger partial charge in [0, 0.05) is 24.2 Å². The molecule has 134 valence electrons. The Kier molecular flexibility index (Phi) is 7.32. The molecule has 0 unspecified atom stereocenters. The average molecular weight is 383 g/mol. The third-order valence-corrected chi connectivity index (χ3v) is 5.59. The third-order valence-electron chi connectivity index (χ3n) is 3.18. The summed E-state index contributed by atoms with van der Waals surface area (Å²) in [4.78, 5) is 22.4. The molecule has 1 heterocycles. The first-order valence-electron chi connectivity index (χ1n) is 7.54. The molecule has 0 saturated carbocycles. The molecular formula is C16H18FN3O3S2. The van der Waals surface area contributed by atoms with Gasteiger partial charge in [-0.15, -0.1) is 0 Å². The second-order valence-corrected chi connectivity index (χ2v) is 7.82. The van der Waals surface area contributed by atoms with E-state index in [0.717, 1.165) is 5.56 Å². The van der Waals surface area contributed by atoms with Gasteiger partial charge in [-0.1, -0.05) is 21.6 Å². The molecule has 1 aromatic heterocycles. The van der Waals surface area contributed by atoms with Gasteiger partial charge in [0.05, 0.1) is 12.1 Å². The third kappa shape index (κ3) is 6.09. The van der Waals surface area contributed by atoms with E-state index in [2.05, 4.69) is 10.4 Å². The van der Waals surface area contributed by atoms with E-state index in [1.807, 2.05) is 0 Å². The van der Waals surface area contributed by atoms with Crippen molar-refractivity contribution in [3.8, 4) is 5.69 Å². The summed E-state index contributed by atoms with van der Waals surface area (Å²) in [6, 6.07) is 5.98. The molecule has 0 spiro atoms. The zero-order valence-electron chi connectivity index (χ0n) is 13.6. The fourth-order valence-corrected chi connectivity index (χ4v) is 3.88. The van der Waals surface area contributed by atoms with Crippen LogP contribution in [0, 0.1) is 12.7 Å². The van der Waals surface area contributed by atoms with E-state index in [-0.39, 0.29) is 23.8 Å². The van der Waals surface area contributed by atoms with Crippen molar-refractivity contribution in [1.82, 2.24) is 15.1 Å². The number of aromatic nitrogens is 2. The predicted molar refractivity (Wildman–Crippen MR) is 97.8 cm³/mol. The number of nitrogens with one attached hydrogen (secondary N) is 1. The summed E-state index contributed by atoms with van der Waals surface area (Å²) in [5.41, 5.74) is 1.72. The SMILES string of the molecule is Cc1cc(F)ccc1-n1ccc(C(=O)NCCSSCCC(=O)O)n1. The first kappa shape index (κ1) is 19.3. The van der Waals surface area contributed by atoms with Crippen LogP contribution in [0.25, 0.3) is 5.69 Å². The summed E-state index contributed by atoms with van der Waals surface area (Å²) in [6.07, 6.45) is 1.79. The Morgan fingerprint density at radius 2 is 2.04 bits per heavy atom. The lowest BCUT2D eigenvalue weighted by molar-refractivity contribution is -0.136. The fraction of sp³-hybridized carbons (Fsp3) is 0.312. The lowest BCUT2D eigenvalue weighted by Gasteiger charge is -2.06. The van der Waals surface area contributed by atoms with Crippen molar-refractivity contribution in [2.24, 2.45) is 0 Å². The summed E-state index contributed by atoms with van der Waals surface area (Å²) in [6.45, 7) is 2.24. The monoisotopic (exact) mass is 383 g/mol. The van der Waals surface area contributed by atoms with Crippen LogP contribution in [0.4, 0.5) is 4.39 Å². The molecule has 2 rings (SSSR count). The highest BCUT2D eigenvalue weighted by Gasteiger charge is 2.11. The van der Waals surface area contributed by atoms with Crippen LogP contribution in [0.15, 0.2) is 30.5 Å². The second-order valence-electron chi connectivity index (χ2n) is 5.12. The Balaban J connectivity index is 1.79. The molecule has 6 nitrogen and oxygen atoms in total. The predicted octanol–water partition coefficient (Wildman–Crippen LogP) is 2.91. The van der Waals surface area contributed by atoms with Gasteiger partial charge in [-0.3, -0.25) is 9.59 Å². The highest BCUT2D eigenvalue weighted by molar-refractivity contribution is 8.76. The van der Waals surface area contributed by atoms with Crippen molar-refractivity contribution in [2.75, 3.05) is 18.1 Å². The Morgan fingerprint density at radius 3 is 2.76 bits per heavy atom. The van der Waals surface area contributed by atoms with Gasteiger partial charge in [0.1, 0.15) is 5.82 Å². The lowest BCUT2D eigenvalue weighted by atomic mass is 10.2. The fourth-order valence-electron chi connectivity index (χ4n) is 2.00. The number of carbonyl (C=O) groups excluding carboxylic acids is 1. The Hall–Kier alpha value is -2.00. The smallest absolute Gasteiger partial charge is 0.304 e. The summed E-state index contributed by atoms with van der Waals surface area (Å²) >= 11 is 0. The Morgan fingerprint density at radius 1 is 1.28 bits per heavy atom. The summed E-state index contributed by atoms with van der Waals surface area (Å²) in [5.74, 6) is -0.198. The van der Waals surface area contributed by atoms with Crippen LogP contribution in [-0.2, 0) is 4.79 Å². The number of aliphatic carboxylic acids is 1. The van der Waals surface area contributed by atoms with Gasteiger partial charge < -0.3 is 10.4 Å². The molecule has 0 aliphatic carbocycles. The molecule has 25 heavy (non-hydrogen) atoms. The number of halogens is 1. The van der Waals surface area contributed by atoms with E-state index in [9.17, 15) is 14.0 Å². The quantitative estimate of drug-likeness (QED) is 0.512. The minimum absolute atomic E-state index is 0.129. The number of carbonyl (C=O) groups is 2. The number of carboxylic acid groups (broad SMARTS) is 1. The van der Waals surface area contributed by atoms with Gasteiger partial charge >= 0.3 is 5.97 Å². The number of aryl methyl sites for hydroxylation is 1. The van der Waals surface area contributed by atoms with E-state index < -0.39 is 5.97 Å². The molecule has 9 heteroatoms. The molecule has 0 aliphatic rings. The number of amides is 1. The van der Waals surface area contributed by atoms with E-state index in [1.165, 1.54) is 33.7 Å². The van der Waals surface area contributed by atoms with Crippen LogP contribution in [0.5, 0.6) is 0 Å². The molecular weight excluding hydrogens is 365 g/mol. The van der Waals surface area contributed by atoms with Crippen LogP contribution in [0.3, 0.4) is 0 Å². The van der Waals surface area contributed by atoms with Gasteiger partial charge in [0.2, 0.25) is 0 Å². The number of hydrogen-bond donors (Lipinski definition) is 2. The van der Waals surface area contributed by atoms with Crippen molar-refractivity contribution >= 4 is 33.5 Å². The normalized spacial score (nSPS) is 10.6. The summed E-state index contributed by atoms with van der Waals surface area (Å²) in [5, 5.41) is 15.5. The Labute approximate surface area is 152 Å². The topological polar surface area (TPSA) is 84.2 Å². The zero-order chi connectivity index (χ0) is 18.2. The summed E-state index contributed by atoms with van der Waals surface area (Å²) < 4.78 is 14.7. The molecule has 2 aromatic rings. The Bertz CT molecular complexity index is 752. The van der Waals surface area contributed by atoms with Gasteiger partial charge in [0.15, 0.2) is 5.69 Å². The number of benzene rings is 1. The molecule has 0 radical (unpaired) electrons. The van der Waals surface area contributed by atoms with E-state index in [4.69, 9.17) is 5.11 Å². The van der Waals surface area contributed by atoms with Gasteiger partial charge in [-0.2, -0.15) is 5.10 Å². The molecule has 0 saturated heterocycles. The van der Waals surface area contributed by atoms with Crippen molar-refractivity contribution in [3.63, 3.8) is 0 Å². The largest absolute Gasteiger partial charge is 0.481 e.